The molecule has 0 bridgehead atoms. The molecule has 0 aliphatic carbocycles. The Morgan fingerprint density at radius 3 is 3.12 bits per heavy atom. The highest BCUT2D eigenvalue weighted by atomic mass is 32.2. The minimum absolute atomic E-state index is 0.00885. The van der Waals surface area contributed by atoms with Crippen LogP contribution in [0.1, 0.15) is 36.0 Å². The lowest BCUT2D eigenvalue weighted by atomic mass is 9.90. The molecule has 3 rings (SSSR count). The van der Waals surface area contributed by atoms with Crippen molar-refractivity contribution in [1.29, 1.82) is 0 Å². The molecule has 2 amide bonds. The van der Waals surface area contributed by atoms with E-state index in [-0.39, 0.29) is 24.2 Å². The lowest BCUT2D eigenvalue weighted by Crippen LogP contribution is -2.44. The van der Waals surface area contributed by atoms with Crippen LogP contribution in [0.25, 0.3) is 0 Å². The number of nitrogens with zero attached hydrogens (tertiary/aromatic N) is 3. The number of benzene rings is 1. The fourth-order valence-electron chi connectivity index (χ4n) is 3.14. The second kappa shape index (κ2) is 8.39. The van der Waals surface area contributed by atoms with Gasteiger partial charge in [-0.1, -0.05) is 0 Å². The van der Waals surface area contributed by atoms with Gasteiger partial charge in [-0.3, -0.25) is 5.10 Å². The predicted molar refractivity (Wildman–Crippen MR) is 97.5 cm³/mol. The van der Waals surface area contributed by atoms with Crippen LogP contribution in [0.15, 0.2) is 18.2 Å². The van der Waals surface area contributed by atoms with Crippen LogP contribution >= 0.6 is 11.8 Å². The zero-order chi connectivity index (χ0) is 18.5. The maximum Gasteiger partial charge on any atom is 0.317 e. The number of hydrogen-bond acceptors (Lipinski definition) is 5. The van der Waals surface area contributed by atoms with Gasteiger partial charge < -0.3 is 15.3 Å². The number of amides is 2. The molecule has 1 aromatic carbocycles. The van der Waals surface area contributed by atoms with Gasteiger partial charge in [0.1, 0.15) is 17.4 Å². The third-order valence-electron chi connectivity index (χ3n) is 4.34. The van der Waals surface area contributed by atoms with Crippen molar-refractivity contribution in [3.05, 3.63) is 41.2 Å². The van der Waals surface area contributed by atoms with Crippen LogP contribution in [0, 0.1) is 5.82 Å². The summed E-state index contributed by atoms with van der Waals surface area (Å²) in [6, 6.07) is 3.89. The number of thioether (sulfide) groups is 1. The number of nitrogens with one attached hydrogen (secondary N) is 2. The minimum atomic E-state index is -0.465. The number of halogens is 1. The van der Waals surface area contributed by atoms with Crippen LogP contribution in [0.5, 0.6) is 5.75 Å². The zero-order valence-corrected chi connectivity index (χ0v) is 15.4. The second-order valence-corrected chi connectivity index (χ2v) is 7.18. The number of phenols is 1. The molecular formula is C17H22FN5O2S. The third-order valence-corrected chi connectivity index (χ3v) is 4.89. The van der Waals surface area contributed by atoms with Crippen molar-refractivity contribution in [2.75, 3.05) is 19.3 Å². The van der Waals surface area contributed by atoms with Gasteiger partial charge in [0.2, 0.25) is 0 Å². The fraction of sp³-hybridized carbons (Fsp3) is 0.471. The SMILES string of the molecule is CSCc1n[nH]c(CNC(=O)N2CCCC(c3cc(O)cc(F)c3)C2)n1. The molecule has 9 heteroatoms. The lowest BCUT2D eigenvalue weighted by Gasteiger charge is -2.33. The molecule has 2 heterocycles. The van der Waals surface area contributed by atoms with Gasteiger partial charge in [-0.25, -0.2) is 14.2 Å². The maximum atomic E-state index is 13.5. The number of rotatable bonds is 5. The van der Waals surface area contributed by atoms with E-state index in [1.165, 1.54) is 6.07 Å². The fourth-order valence-corrected chi connectivity index (χ4v) is 3.53. The largest absolute Gasteiger partial charge is 0.508 e. The van der Waals surface area contributed by atoms with Gasteiger partial charge in [0, 0.05) is 25.1 Å². The van der Waals surface area contributed by atoms with E-state index in [4.69, 9.17) is 0 Å². The summed E-state index contributed by atoms with van der Waals surface area (Å²) in [4.78, 5) is 18.5. The summed E-state index contributed by atoms with van der Waals surface area (Å²) in [5.74, 6) is 1.51. The molecule has 3 N–H and O–H groups in total. The molecule has 0 spiro atoms. The summed E-state index contributed by atoms with van der Waals surface area (Å²) in [5.41, 5.74) is 0.719. The summed E-state index contributed by atoms with van der Waals surface area (Å²) in [6.45, 7) is 1.42. The number of phenolic OH excluding ortho intramolecular Hbond substituents is 1. The maximum absolute atomic E-state index is 13.5. The number of likely N-dealkylation sites (tertiary alicyclic amines) is 1. The first kappa shape index (κ1) is 18.5. The first-order valence-electron chi connectivity index (χ1n) is 8.46. The second-order valence-electron chi connectivity index (χ2n) is 6.32. The normalized spacial score (nSPS) is 17.3. The highest BCUT2D eigenvalue weighted by Crippen LogP contribution is 2.29. The predicted octanol–water partition coefficient (Wildman–Crippen LogP) is 2.60. The molecule has 1 aliphatic rings. The molecule has 0 saturated carbocycles. The lowest BCUT2D eigenvalue weighted by molar-refractivity contribution is 0.179. The Hall–Kier alpha value is -2.29. The van der Waals surface area contributed by atoms with E-state index in [1.54, 1.807) is 22.7 Å². The van der Waals surface area contributed by atoms with Crippen LogP contribution in [0.3, 0.4) is 0 Å². The van der Waals surface area contributed by atoms with Crippen LogP contribution in [-0.4, -0.2) is 50.6 Å². The number of carbonyl (C=O) groups is 1. The van der Waals surface area contributed by atoms with E-state index < -0.39 is 5.82 Å². The molecular weight excluding hydrogens is 357 g/mol. The van der Waals surface area contributed by atoms with E-state index in [1.807, 2.05) is 6.26 Å². The summed E-state index contributed by atoms with van der Waals surface area (Å²) < 4.78 is 13.5. The van der Waals surface area contributed by atoms with Crippen LogP contribution in [0.2, 0.25) is 0 Å². The number of urea groups is 1. The van der Waals surface area contributed by atoms with Crippen molar-refractivity contribution in [1.82, 2.24) is 25.4 Å². The number of aromatic amines is 1. The van der Waals surface area contributed by atoms with Crippen molar-refractivity contribution in [2.24, 2.45) is 0 Å². The molecule has 1 fully saturated rings. The van der Waals surface area contributed by atoms with Crippen LogP contribution in [-0.2, 0) is 12.3 Å². The topological polar surface area (TPSA) is 94.1 Å². The highest BCUT2D eigenvalue weighted by Gasteiger charge is 2.25. The van der Waals surface area contributed by atoms with E-state index in [9.17, 15) is 14.3 Å². The Bertz CT molecular complexity index is 749. The van der Waals surface area contributed by atoms with Gasteiger partial charge in [-0.15, -0.1) is 0 Å². The first-order chi connectivity index (χ1) is 12.5. The van der Waals surface area contributed by atoms with Gasteiger partial charge >= 0.3 is 6.03 Å². The average molecular weight is 379 g/mol. The molecule has 1 aliphatic heterocycles. The van der Waals surface area contributed by atoms with Gasteiger partial charge in [0.25, 0.3) is 0 Å². The molecule has 2 aromatic rings. The molecule has 7 nitrogen and oxygen atoms in total. The third kappa shape index (κ3) is 4.66. The van der Waals surface area contributed by atoms with E-state index >= 15 is 0 Å². The molecule has 26 heavy (non-hydrogen) atoms. The number of aromatic nitrogens is 3. The van der Waals surface area contributed by atoms with Gasteiger partial charge in [-0.2, -0.15) is 16.9 Å². The summed E-state index contributed by atoms with van der Waals surface area (Å²) in [6.07, 6.45) is 3.66. The summed E-state index contributed by atoms with van der Waals surface area (Å²) in [5, 5.41) is 19.3. The standard InChI is InChI=1S/C17H22FN5O2S/c1-26-10-16-20-15(21-22-16)8-19-17(25)23-4-2-3-11(9-23)12-5-13(18)7-14(24)6-12/h5-7,11,24H,2-4,8-10H2,1H3,(H,19,25)(H,20,21,22). The summed E-state index contributed by atoms with van der Waals surface area (Å²) in [7, 11) is 0. The van der Waals surface area contributed by atoms with Gasteiger partial charge in [-0.05, 0) is 36.8 Å². The molecule has 1 atom stereocenters. The smallest absolute Gasteiger partial charge is 0.317 e. The number of piperidine rings is 1. The van der Waals surface area contributed by atoms with E-state index in [2.05, 4.69) is 20.5 Å². The molecule has 1 saturated heterocycles. The van der Waals surface area contributed by atoms with Crippen molar-refractivity contribution in [3.63, 3.8) is 0 Å². The molecule has 140 valence electrons. The zero-order valence-electron chi connectivity index (χ0n) is 14.5. The number of hydrogen-bond donors (Lipinski definition) is 3. The minimum Gasteiger partial charge on any atom is -0.508 e. The number of H-pyrrole nitrogens is 1. The van der Waals surface area contributed by atoms with E-state index in [0.717, 1.165) is 30.2 Å². The monoisotopic (exact) mass is 379 g/mol. The van der Waals surface area contributed by atoms with Gasteiger partial charge in [0.05, 0.1) is 12.3 Å². The Labute approximate surface area is 155 Å². The quantitative estimate of drug-likeness (QED) is 0.742. The Morgan fingerprint density at radius 2 is 2.35 bits per heavy atom. The van der Waals surface area contributed by atoms with Crippen molar-refractivity contribution >= 4 is 17.8 Å². The number of aromatic hydroxyl groups is 1. The Morgan fingerprint density at radius 1 is 1.50 bits per heavy atom. The molecule has 1 unspecified atom stereocenters. The van der Waals surface area contributed by atoms with Gasteiger partial charge in [0.15, 0.2) is 5.82 Å². The Kier molecular flexibility index (Phi) is 5.97. The van der Waals surface area contributed by atoms with Crippen molar-refractivity contribution in [2.45, 2.75) is 31.1 Å². The molecule has 0 radical (unpaired) electrons. The van der Waals surface area contributed by atoms with Crippen LogP contribution < -0.4 is 5.32 Å². The van der Waals surface area contributed by atoms with Crippen molar-refractivity contribution in [3.8, 4) is 5.75 Å². The van der Waals surface area contributed by atoms with E-state index in [0.29, 0.717) is 24.7 Å². The first-order valence-corrected chi connectivity index (χ1v) is 9.86. The number of carbonyl (C=O) groups excluding carboxylic acids is 1. The molecule has 1 aromatic heterocycles. The summed E-state index contributed by atoms with van der Waals surface area (Å²) >= 11 is 1.63. The average Bonchev–Trinajstić information content (AvgIpc) is 3.07. The van der Waals surface area contributed by atoms with Crippen LogP contribution in [0.4, 0.5) is 9.18 Å². The highest BCUT2D eigenvalue weighted by molar-refractivity contribution is 7.97. The Balaban J connectivity index is 1.57. The van der Waals surface area contributed by atoms with Crippen molar-refractivity contribution < 1.29 is 14.3 Å².